The average molecular weight is 549 g/mol. The summed E-state index contributed by atoms with van der Waals surface area (Å²) >= 11 is 1.85. The van der Waals surface area contributed by atoms with Crippen LogP contribution in [-0.2, 0) is 25.9 Å². The van der Waals surface area contributed by atoms with Crippen molar-refractivity contribution in [3.8, 4) is 33.0 Å². The summed E-state index contributed by atoms with van der Waals surface area (Å²) in [5.74, 6) is 0. The highest BCUT2D eigenvalue weighted by Crippen LogP contribution is 2.44. The molecule has 0 radical (unpaired) electrons. The molecular weight excluding hydrogens is 516 g/mol. The van der Waals surface area contributed by atoms with Gasteiger partial charge in [0.05, 0.1) is 16.5 Å². The van der Waals surface area contributed by atoms with Crippen LogP contribution in [0.4, 0.5) is 0 Å². The van der Waals surface area contributed by atoms with Crippen molar-refractivity contribution in [1.29, 1.82) is 0 Å². The molecule has 41 heavy (non-hydrogen) atoms. The Morgan fingerprint density at radius 2 is 1.46 bits per heavy atom. The van der Waals surface area contributed by atoms with E-state index in [2.05, 4.69) is 132 Å². The van der Waals surface area contributed by atoms with Gasteiger partial charge in [0.2, 0.25) is 17.1 Å². The van der Waals surface area contributed by atoms with Gasteiger partial charge in [-0.1, -0.05) is 48.5 Å². The van der Waals surface area contributed by atoms with Crippen LogP contribution in [0, 0.1) is 13.8 Å². The molecule has 2 aliphatic heterocycles. The van der Waals surface area contributed by atoms with E-state index in [4.69, 9.17) is 0 Å². The molecule has 0 amide bonds. The van der Waals surface area contributed by atoms with Gasteiger partial charge in [-0.05, 0) is 77.4 Å². The maximum absolute atomic E-state index is 2.55. The Morgan fingerprint density at radius 1 is 0.683 bits per heavy atom. The van der Waals surface area contributed by atoms with Crippen molar-refractivity contribution < 1.29 is 9.13 Å². The van der Waals surface area contributed by atoms with Gasteiger partial charge in [0.15, 0.2) is 19.3 Å². The fraction of sp³-hybridized carbons (Fsp3) is 0.158. The summed E-state index contributed by atoms with van der Waals surface area (Å²) in [7, 11) is 0. The number of aromatic nitrogens is 2. The Balaban J connectivity index is 1.29. The van der Waals surface area contributed by atoms with Gasteiger partial charge in [0, 0.05) is 46.9 Å². The minimum Gasteiger partial charge on any atom is -0.197 e. The summed E-state index contributed by atoms with van der Waals surface area (Å²) < 4.78 is 5.03. The van der Waals surface area contributed by atoms with Gasteiger partial charge >= 0.3 is 0 Å². The van der Waals surface area contributed by atoms with Crippen LogP contribution in [0.2, 0.25) is 0 Å². The number of aryl methyl sites for hydroxylation is 1. The predicted octanol–water partition coefficient (Wildman–Crippen LogP) is 8.38. The molecule has 3 aromatic heterocycles. The van der Waals surface area contributed by atoms with Crippen LogP contribution in [-0.4, -0.2) is 0 Å². The van der Waals surface area contributed by atoms with E-state index < -0.39 is 0 Å². The van der Waals surface area contributed by atoms with Gasteiger partial charge in [-0.25, -0.2) is 0 Å². The fourth-order valence-electron chi connectivity index (χ4n) is 7.01. The van der Waals surface area contributed by atoms with Gasteiger partial charge in [-0.2, -0.15) is 9.13 Å². The first-order valence-electron chi connectivity index (χ1n) is 14.6. The van der Waals surface area contributed by atoms with Crippen molar-refractivity contribution in [2.45, 2.75) is 39.8 Å². The lowest BCUT2D eigenvalue weighted by molar-refractivity contribution is -0.690. The monoisotopic (exact) mass is 548 g/mol. The maximum atomic E-state index is 2.55. The Hall–Kier alpha value is -4.34. The molecule has 0 aliphatic carbocycles. The van der Waals surface area contributed by atoms with E-state index in [0.29, 0.717) is 0 Å². The van der Waals surface area contributed by atoms with Crippen molar-refractivity contribution in [2.75, 3.05) is 0 Å². The number of hydrogen-bond donors (Lipinski definition) is 0. The third-order valence-corrected chi connectivity index (χ3v) is 10.3. The lowest BCUT2D eigenvalue weighted by Gasteiger charge is -2.27. The zero-order valence-corrected chi connectivity index (χ0v) is 24.3. The molecule has 0 saturated carbocycles. The average Bonchev–Trinajstić information content (AvgIpc) is 3.51. The standard InChI is InChI=1S/C38H32N2S/c1-25-26(2)32-20-23-39-22-19-27-9-6-7-13-33(27)38(39)37(32)36-31(25)21-24-40-29(12-8-14-34(36)40)15-16-30-17-18-35(41-30)28-10-4-3-5-11-28/h3-19,22H,20-21,23-24H2,1-2H3/q+2. The minimum absolute atomic E-state index is 0.997. The summed E-state index contributed by atoms with van der Waals surface area (Å²) in [5.41, 5.74) is 14.2. The fourth-order valence-corrected chi connectivity index (χ4v) is 7.93. The molecule has 0 unspecified atom stereocenters. The van der Waals surface area contributed by atoms with E-state index in [1.165, 1.54) is 76.6 Å². The van der Waals surface area contributed by atoms with Crippen molar-refractivity contribution >= 4 is 34.3 Å². The number of thiophene rings is 1. The molecule has 2 nitrogen and oxygen atoms in total. The lowest BCUT2D eigenvalue weighted by atomic mass is 9.79. The number of rotatable bonds is 3. The second-order valence-electron chi connectivity index (χ2n) is 11.3. The van der Waals surface area contributed by atoms with Gasteiger partial charge in [-0.3, -0.25) is 0 Å². The summed E-state index contributed by atoms with van der Waals surface area (Å²) in [4.78, 5) is 2.58. The van der Waals surface area contributed by atoms with E-state index in [0.717, 1.165) is 25.9 Å². The molecule has 8 rings (SSSR count). The third-order valence-electron chi connectivity index (χ3n) is 9.17. The molecule has 3 aromatic carbocycles. The molecule has 0 N–H and O–H groups in total. The molecule has 3 heteroatoms. The number of fused-ring (bicyclic) bond motifs is 9. The number of nitrogens with zero attached hydrogens (tertiary/aromatic N) is 2. The van der Waals surface area contributed by atoms with Crippen LogP contribution in [0.15, 0.2) is 97.2 Å². The van der Waals surface area contributed by atoms with Crippen LogP contribution in [0.1, 0.15) is 32.8 Å². The summed E-state index contributed by atoms with van der Waals surface area (Å²) in [6, 6.07) is 33.1. The summed E-state index contributed by atoms with van der Waals surface area (Å²) in [5, 5.41) is 2.66. The third kappa shape index (κ3) is 3.91. The van der Waals surface area contributed by atoms with Crippen LogP contribution in [0.5, 0.6) is 0 Å². The topological polar surface area (TPSA) is 7.76 Å². The maximum Gasteiger partial charge on any atom is 0.221 e. The Bertz CT molecular complexity index is 2010. The smallest absolute Gasteiger partial charge is 0.197 e. The highest BCUT2D eigenvalue weighted by Gasteiger charge is 2.37. The lowest BCUT2D eigenvalue weighted by Crippen LogP contribution is -2.45. The zero-order chi connectivity index (χ0) is 27.5. The quantitative estimate of drug-likeness (QED) is 0.196. The summed E-state index contributed by atoms with van der Waals surface area (Å²) in [6.45, 7) is 6.72. The highest BCUT2D eigenvalue weighted by atomic mass is 32.1. The molecule has 5 heterocycles. The SMILES string of the molecule is Cc1c(C)c2c(c3c1CC[n+]1ccc4ccccc4c1-3)-c1cccc(C=Cc3ccc(-c4ccccc4)s3)[n+]1CC2. The van der Waals surface area contributed by atoms with Crippen molar-refractivity contribution in [1.82, 2.24) is 0 Å². The van der Waals surface area contributed by atoms with Gasteiger partial charge < -0.3 is 0 Å². The number of hydrogen-bond acceptors (Lipinski definition) is 1. The molecule has 0 bridgehead atoms. The van der Waals surface area contributed by atoms with Gasteiger partial charge in [0.25, 0.3) is 0 Å². The minimum atomic E-state index is 0.997. The first-order chi connectivity index (χ1) is 20.2. The molecule has 2 aliphatic rings. The van der Waals surface area contributed by atoms with Crippen LogP contribution in [0.25, 0.3) is 55.9 Å². The summed E-state index contributed by atoms with van der Waals surface area (Å²) in [6.07, 6.45) is 9.01. The largest absolute Gasteiger partial charge is 0.221 e. The first kappa shape index (κ1) is 24.5. The van der Waals surface area contributed by atoms with E-state index in [9.17, 15) is 0 Å². The van der Waals surface area contributed by atoms with Crippen LogP contribution in [0.3, 0.4) is 0 Å². The van der Waals surface area contributed by atoms with E-state index in [1.807, 2.05) is 11.3 Å². The van der Waals surface area contributed by atoms with E-state index >= 15 is 0 Å². The number of benzene rings is 3. The molecule has 0 saturated heterocycles. The predicted molar refractivity (Wildman–Crippen MR) is 171 cm³/mol. The molecular formula is C38H32N2S+2. The Kier molecular flexibility index (Phi) is 5.75. The second kappa shape index (κ2) is 9.64. The van der Waals surface area contributed by atoms with E-state index in [1.54, 1.807) is 0 Å². The van der Waals surface area contributed by atoms with E-state index in [-0.39, 0.29) is 0 Å². The number of pyridine rings is 2. The molecule has 0 atom stereocenters. The first-order valence-corrected chi connectivity index (χ1v) is 15.4. The normalized spacial score (nSPS) is 13.6. The zero-order valence-electron chi connectivity index (χ0n) is 23.5. The molecule has 198 valence electrons. The van der Waals surface area contributed by atoms with Crippen molar-refractivity contribution in [3.63, 3.8) is 0 Å². The Labute approximate surface area is 245 Å². The van der Waals surface area contributed by atoms with Crippen LogP contribution >= 0.6 is 11.3 Å². The second-order valence-corrected chi connectivity index (χ2v) is 12.4. The van der Waals surface area contributed by atoms with Crippen molar-refractivity contribution in [2.24, 2.45) is 0 Å². The van der Waals surface area contributed by atoms with Gasteiger partial charge in [0.1, 0.15) is 0 Å². The molecule has 0 spiro atoms. The Morgan fingerprint density at radius 3 is 2.34 bits per heavy atom. The van der Waals surface area contributed by atoms with Gasteiger partial charge in [-0.15, -0.1) is 11.3 Å². The molecule has 6 aromatic rings. The molecule has 0 fully saturated rings. The van der Waals surface area contributed by atoms with Crippen LogP contribution < -0.4 is 9.13 Å². The highest BCUT2D eigenvalue weighted by molar-refractivity contribution is 7.16. The van der Waals surface area contributed by atoms with Crippen molar-refractivity contribution in [3.05, 3.63) is 130 Å².